The number of halogens is 1. The Morgan fingerprint density at radius 1 is 1.23 bits per heavy atom. The molecule has 2 aromatic rings. The molecule has 4 rings (SSSR count). The number of piperazine rings is 1. The second kappa shape index (κ2) is 8.27. The molecule has 2 atom stereocenters. The van der Waals surface area contributed by atoms with Crippen LogP contribution in [0.5, 0.6) is 0 Å². The highest BCUT2D eigenvalue weighted by atomic mass is 32.2. The normalized spacial score (nSPS) is 20.5. The summed E-state index contributed by atoms with van der Waals surface area (Å²) in [6.07, 6.45) is 3.27. The van der Waals surface area contributed by atoms with Gasteiger partial charge in [-0.2, -0.15) is 5.26 Å². The summed E-state index contributed by atoms with van der Waals surface area (Å²) < 4.78 is 39.0. The molecule has 0 N–H and O–H groups in total. The molecular weight excluding hydrogens is 419 g/mol. The van der Waals surface area contributed by atoms with Gasteiger partial charge in [0.1, 0.15) is 17.7 Å². The lowest BCUT2D eigenvalue weighted by Gasteiger charge is -2.41. The summed E-state index contributed by atoms with van der Waals surface area (Å²) in [5.74, 6) is -0.329. The highest BCUT2D eigenvalue weighted by Gasteiger charge is 2.42. The lowest BCUT2D eigenvalue weighted by atomic mass is 10.1. The molecule has 31 heavy (non-hydrogen) atoms. The number of hydrogen-bond acceptors (Lipinski definition) is 6. The Morgan fingerprint density at radius 3 is 2.55 bits per heavy atom. The molecule has 0 aliphatic carbocycles. The number of carbonyl (C=O) groups excluding carboxylic acids is 1. The fourth-order valence-electron chi connectivity index (χ4n) is 4.50. The highest BCUT2D eigenvalue weighted by Crippen LogP contribution is 2.34. The molecule has 1 aromatic carbocycles. The minimum Gasteiger partial charge on any atom is -0.347 e. The van der Waals surface area contributed by atoms with E-state index in [0.29, 0.717) is 18.7 Å². The lowest BCUT2D eigenvalue weighted by molar-refractivity contribution is -0.131. The van der Waals surface area contributed by atoms with Gasteiger partial charge in [-0.1, -0.05) is 6.07 Å². The van der Waals surface area contributed by atoms with Crippen LogP contribution in [0.25, 0.3) is 0 Å². The molecule has 2 bridgehead atoms. The van der Waals surface area contributed by atoms with Gasteiger partial charge in [0, 0.05) is 43.4 Å². The van der Waals surface area contributed by atoms with Crippen LogP contribution in [0, 0.1) is 24.1 Å². The fraction of sp³-hybridized carbons (Fsp3) is 0.409. The average Bonchev–Trinajstić information content (AvgIpc) is 3.03. The number of carbonyl (C=O) groups is 1. The number of fused-ring (bicyclic) bond motifs is 2. The first kappa shape index (κ1) is 21.2. The van der Waals surface area contributed by atoms with Crippen molar-refractivity contribution >= 4 is 21.6 Å². The van der Waals surface area contributed by atoms with Crippen LogP contribution in [0.15, 0.2) is 41.4 Å². The Bertz CT molecular complexity index is 1130. The van der Waals surface area contributed by atoms with E-state index in [1.807, 2.05) is 6.07 Å². The first-order chi connectivity index (χ1) is 14.8. The third-order valence-corrected chi connectivity index (χ3v) is 7.97. The number of nitrogens with zero attached hydrogens (tertiary/aromatic N) is 4. The van der Waals surface area contributed by atoms with Crippen molar-refractivity contribution in [3.63, 3.8) is 0 Å². The molecule has 7 nitrogen and oxygen atoms in total. The van der Waals surface area contributed by atoms with E-state index in [4.69, 9.17) is 5.26 Å². The first-order valence-corrected chi connectivity index (χ1v) is 11.9. The van der Waals surface area contributed by atoms with Gasteiger partial charge < -0.3 is 9.80 Å². The molecule has 2 fully saturated rings. The zero-order valence-electron chi connectivity index (χ0n) is 17.2. The fourth-order valence-corrected chi connectivity index (χ4v) is 6.01. The van der Waals surface area contributed by atoms with Crippen molar-refractivity contribution in [2.24, 2.45) is 0 Å². The average molecular weight is 443 g/mol. The zero-order valence-corrected chi connectivity index (χ0v) is 18.0. The minimum atomic E-state index is -3.75. The number of likely N-dealkylation sites (tertiary alicyclic amines) is 1. The predicted octanol–water partition coefficient (Wildman–Crippen LogP) is 2.44. The maximum Gasteiger partial charge on any atom is 0.223 e. The van der Waals surface area contributed by atoms with E-state index in [0.717, 1.165) is 18.7 Å². The highest BCUT2D eigenvalue weighted by molar-refractivity contribution is 7.91. The topological polar surface area (TPSA) is 94.4 Å². The van der Waals surface area contributed by atoms with Gasteiger partial charge in [-0.3, -0.25) is 4.79 Å². The van der Waals surface area contributed by atoms with Crippen molar-refractivity contribution in [2.75, 3.05) is 23.7 Å². The van der Waals surface area contributed by atoms with Crippen LogP contribution in [0.2, 0.25) is 0 Å². The van der Waals surface area contributed by atoms with E-state index >= 15 is 0 Å². The Labute approximate surface area is 181 Å². The smallest absolute Gasteiger partial charge is 0.223 e. The molecule has 9 heteroatoms. The number of rotatable bonds is 5. The van der Waals surface area contributed by atoms with E-state index in [9.17, 15) is 17.6 Å². The molecule has 0 spiro atoms. The molecule has 1 amide bonds. The van der Waals surface area contributed by atoms with Crippen LogP contribution in [0.1, 0.15) is 30.4 Å². The van der Waals surface area contributed by atoms with Crippen LogP contribution in [-0.2, 0) is 14.6 Å². The molecule has 3 heterocycles. The van der Waals surface area contributed by atoms with Crippen molar-refractivity contribution in [3.8, 4) is 6.07 Å². The monoisotopic (exact) mass is 442 g/mol. The maximum absolute atomic E-state index is 13.7. The summed E-state index contributed by atoms with van der Waals surface area (Å²) in [7, 11) is -3.75. The van der Waals surface area contributed by atoms with E-state index in [-0.39, 0.29) is 40.6 Å². The van der Waals surface area contributed by atoms with Gasteiger partial charge in [-0.15, -0.1) is 0 Å². The summed E-state index contributed by atoms with van der Waals surface area (Å²) in [6.45, 7) is 2.45. The molecule has 0 saturated carbocycles. The van der Waals surface area contributed by atoms with E-state index in [2.05, 4.69) is 16.0 Å². The van der Waals surface area contributed by atoms with Crippen molar-refractivity contribution < 1.29 is 17.6 Å². The molecule has 2 unspecified atom stereocenters. The minimum absolute atomic E-state index is 0.0583. The van der Waals surface area contributed by atoms with Gasteiger partial charge in [0.15, 0.2) is 9.84 Å². The lowest BCUT2D eigenvalue weighted by Crippen LogP contribution is -2.55. The van der Waals surface area contributed by atoms with Crippen molar-refractivity contribution in [3.05, 3.63) is 53.5 Å². The molecule has 162 valence electrons. The number of nitriles is 1. The van der Waals surface area contributed by atoms with Crippen molar-refractivity contribution in [2.45, 2.75) is 43.2 Å². The van der Waals surface area contributed by atoms with Gasteiger partial charge in [0.2, 0.25) is 5.91 Å². The third kappa shape index (κ3) is 4.12. The molecule has 1 aromatic heterocycles. The second-order valence-corrected chi connectivity index (χ2v) is 10.1. The summed E-state index contributed by atoms with van der Waals surface area (Å²) in [5, 5.41) is 8.95. The second-order valence-electron chi connectivity index (χ2n) is 8.04. The standard InChI is InChI=1S/C22H23FN4O3S/c1-15-19(23)3-2-4-20(15)31(29,30)10-9-22(28)26-13-17-6-7-18(14-26)27(17)21-8-5-16(11-24)12-25-21/h2-5,8,12,17-18H,6-7,9-10,13-14H2,1H3. The van der Waals surface area contributed by atoms with E-state index < -0.39 is 15.7 Å². The van der Waals surface area contributed by atoms with Crippen LogP contribution in [0.4, 0.5) is 10.2 Å². The van der Waals surface area contributed by atoms with Gasteiger partial charge in [0.25, 0.3) is 0 Å². The SMILES string of the molecule is Cc1c(F)cccc1S(=O)(=O)CCC(=O)N1CC2CCC(C1)N2c1ccc(C#N)cn1. The molecule has 2 saturated heterocycles. The zero-order chi connectivity index (χ0) is 22.2. The number of sulfone groups is 1. The third-order valence-electron chi connectivity index (χ3n) is 6.11. The molecule has 2 aliphatic heterocycles. The van der Waals surface area contributed by atoms with Crippen LogP contribution >= 0.6 is 0 Å². The Kier molecular flexibility index (Phi) is 5.67. The predicted molar refractivity (Wildman–Crippen MR) is 113 cm³/mol. The number of anilines is 1. The van der Waals surface area contributed by atoms with Gasteiger partial charge in [-0.05, 0) is 44.0 Å². The summed E-state index contributed by atoms with van der Waals surface area (Å²) in [5.41, 5.74) is 0.580. The Balaban J connectivity index is 1.41. The quantitative estimate of drug-likeness (QED) is 0.706. The van der Waals surface area contributed by atoms with Gasteiger partial charge >= 0.3 is 0 Å². The molecule has 2 aliphatic rings. The first-order valence-electron chi connectivity index (χ1n) is 10.2. The summed E-state index contributed by atoms with van der Waals surface area (Å²) in [6, 6.07) is 9.82. The summed E-state index contributed by atoms with van der Waals surface area (Å²) in [4.78, 5) is 21.1. The maximum atomic E-state index is 13.7. The van der Waals surface area contributed by atoms with Gasteiger partial charge in [-0.25, -0.2) is 17.8 Å². The number of amides is 1. The van der Waals surface area contributed by atoms with E-state index in [1.54, 1.807) is 17.2 Å². The Hall–Kier alpha value is -2.99. The van der Waals surface area contributed by atoms with Crippen molar-refractivity contribution in [1.82, 2.24) is 9.88 Å². The Morgan fingerprint density at radius 2 is 1.94 bits per heavy atom. The number of pyridine rings is 1. The largest absolute Gasteiger partial charge is 0.347 e. The number of benzene rings is 1. The van der Waals surface area contributed by atoms with Gasteiger partial charge in [0.05, 0.1) is 16.2 Å². The van der Waals surface area contributed by atoms with Crippen LogP contribution in [-0.4, -0.2) is 55.1 Å². The van der Waals surface area contributed by atoms with Crippen LogP contribution in [0.3, 0.4) is 0 Å². The number of aromatic nitrogens is 1. The summed E-state index contributed by atoms with van der Waals surface area (Å²) >= 11 is 0. The van der Waals surface area contributed by atoms with Crippen molar-refractivity contribution in [1.29, 1.82) is 5.26 Å². The number of hydrogen-bond donors (Lipinski definition) is 0. The molecule has 0 radical (unpaired) electrons. The van der Waals surface area contributed by atoms with E-state index in [1.165, 1.54) is 25.1 Å². The van der Waals surface area contributed by atoms with Crippen LogP contribution < -0.4 is 4.90 Å². The molecular formula is C22H23FN4O3S.